The zero-order valence-electron chi connectivity index (χ0n) is 23.3. The summed E-state index contributed by atoms with van der Waals surface area (Å²) in [5.41, 5.74) is 3.78. The Labute approximate surface area is 240 Å². The number of rotatable bonds is 10. The number of amides is 2. The quantitative estimate of drug-likeness (QED) is 0.291. The highest BCUT2D eigenvalue weighted by Crippen LogP contribution is 2.32. The Kier molecular flexibility index (Phi) is 8.84. The Bertz CT molecular complexity index is 1450. The molecular weight excluding hydrogens is 516 g/mol. The van der Waals surface area contributed by atoms with Crippen molar-refractivity contribution in [2.45, 2.75) is 32.0 Å². The van der Waals surface area contributed by atoms with Crippen LogP contribution < -0.4 is 19.5 Å². The van der Waals surface area contributed by atoms with Gasteiger partial charge in [0.15, 0.2) is 11.5 Å². The van der Waals surface area contributed by atoms with Gasteiger partial charge in [-0.2, -0.15) is 0 Å². The van der Waals surface area contributed by atoms with Crippen LogP contribution in [0, 0.1) is 6.92 Å². The molecule has 0 unspecified atom stereocenters. The van der Waals surface area contributed by atoms with Crippen molar-refractivity contribution in [1.82, 2.24) is 10.2 Å². The average Bonchev–Trinajstić information content (AvgIpc) is 3.02. The second kappa shape index (κ2) is 13.0. The van der Waals surface area contributed by atoms with E-state index < -0.39 is 12.1 Å². The van der Waals surface area contributed by atoms with Gasteiger partial charge in [0.05, 0.1) is 7.11 Å². The number of carbonyl (C=O) groups excluding carboxylic acids is 2. The molecule has 0 aromatic heterocycles. The molecule has 0 fully saturated rings. The molecule has 0 bridgehead atoms. The van der Waals surface area contributed by atoms with Gasteiger partial charge >= 0.3 is 0 Å². The van der Waals surface area contributed by atoms with Crippen molar-refractivity contribution in [1.29, 1.82) is 0 Å². The normalized spacial score (nSPS) is 14.5. The van der Waals surface area contributed by atoms with Crippen LogP contribution in [0.4, 0.5) is 0 Å². The van der Waals surface area contributed by atoms with Crippen LogP contribution in [0.3, 0.4) is 0 Å². The fourth-order valence-electron chi connectivity index (χ4n) is 4.84. The first kappa shape index (κ1) is 27.8. The third kappa shape index (κ3) is 6.87. The molecule has 1 aliphatic heterocycles. The lowest BCUT2D eigenvalue weighted by molar-refractivity contribution is -0.148. The van der Waals surface area contributed by atoms with Crippen LogP contribution in [0.1, 0.15) is 28.3 Å². The number of hydrogen-bond acceptors (Lipinski definition) is 5. The summed E-state index contributed by atoms with van der Waals surface area (Å²) in [5, 5.41) is 3.06. The number of para-hydroxylation sites is 2. The van der Waals surface area contributed by atoms with Crippen LogP contribution in [0.5, 0.6) is 17.2 Å². The molecule has 4 aromatic carbocycles. The van der Waals surface area contributed by atoms with Crippen molar-refractivity contribution < 1.29 is 23.8 Å². The van der Waals surface area contributed by atoms with Crippen molar-refractivity contribution in [2.75, 3.05) is 20.3 Å². The van der Waals surface area contributed by atoms with Gasteiger partial charge in [0.25, 0.3) is 5.91 Å². The van der Waals surface area contributed by atoms with Gasteiger partial charge in [0.2, 0.25) is 12.0 Å². The number of benzene rings is 4. The number of ether oxygens (including phenoxy) is 3. The van der Waals surface area contributed by atoms with E-state index in [1.165, 1.54) is 0 Å². The summed E-state index contributed by atoms with van der Waals surface area (Å²) in [6, 6.07) is 31.6. The lowest BCUT2D eigenvalue weighted by Gasteiger charge is -2.35. The van der Waals surface area contributed by atoms with Gasteiger partial charge in [0, 0.05) is 13.1 Å². The lowest BCUT2D eigenvalue weighted by Crippen LogP contribution is -2.51. The Morgan fingerprint density at radius 3 is 2.27 bits per heavy atom. The lowest BCUT2D eigenvalue weighted by atomic mass is 10.0. The van der Waals surface area contributed by atoms with Crippen molar-refractivity contribution in [2.24, 2.45) is 0 Å². The van der Waals surface area contributed by atoms with Crippen LogP contribution in [0.15, 0.2) is 103 Å². The highest BCUT2D eigenvalue weighted by molar-refractivity contribution is 5.90. The molecule has 1 aliphatic rings. The van der Waals surface area contributed by atoms with E-state index in [-0.39, 0.29) is 18.4 Å². The standard InChI is InChI=1S/C34H34N2O5/c1-24-12-16-27(17-13-24)32(33(37)35-22-26-14-18-28(39-2)19-15-26)36(21-20-25-8-4-3-5-9-25)34(38)31-23-40-29-10-6-7-11-30(29)41-31/h3-19,31-32H,20-23H2,1-2H3,(H,35,37)/t31-,32-/m0/s1. The fourth-order valence-corrected chi connectivity index (χ4v) is 4.84. The van der Waals surface area contributed by atoms with Gasteiger partial charge in [-0.15, -0.1) is 0 Å². The summed E-state index contributed by atoms with van der Waals surface area (Å²) in [4.78, 5) is 29.8. The highest BCUT2D eigenvalue weighted by Gasteiger charge is 2.38. The molecule has 4 aromatic rings. The Hall–Kier alpha value is -4.78. The maximum Gasteiger partial charge on any atom is 0.268 e. The fraction of sp³-hybridized carbons (Fsp3) is 0.235. The average molecular weight is 551 g/mol. The molecule has 1 N–H and O–H groups in total. The molecular formula is C34H34N2O5. The molecule has 7 heteroatoms. The van der Waals surface area contributed by atoms with Gasteiger partial charge in [-0.1, -0.05) is 84.4 Å². The molecule has 210 valence electrons. The molecule has 5 rings (SSSR count). The molecule has 0 aliphatic carbocycles. The number of carbonyl (C=O) groups is 2. The van der Waals surface area contributed by atoms with E-state index in [0.29, 0.717) is 31.0 Å². The van der Waals surface area contributed by atoms with Crippen molar-refractivity contribution in [3.8, 4) is 17.2 Å². The second-order valence-corrected chi connectivity index (χ2v) is 10.0. The zero-order chi connectivity index (χ0) is 28.6. The summed E-state index contributed by atoms with van der Waals surface area (Å²) < 4.78 is 17.2. The van der Waals surface area contributed by atoms with Gasteiger partial charge in [-0.3, -0.25) is 9.59 Å². The first-order valence-electron chi connectivity index (χ1n) is 13.7. The van der Waals surface area contributed by atoms with Crippen LogP contribution in [0.25, 0.3) is 0 Å². The predicted octanol–water partition coefficient (Wildman–Crippen LogP) is 5.27. The second-order valence-electron chi connectivity index (χ2n) is 10.0. The number of fused-ring (bicyclic) bond motifs is 1. The van der Waals surface area contributed by atoms with Gasteiger partial charge < -0.3 is 24.4 Å². The Morgan fingerprint density at radius 1 is 0.878 bits per heavy atom. The molecule has 1 heterocycles. The van der Waals surface area contributed by atoms with Crippen LogP contribution in [-0.4, -0.2) is 43.1 Å². The SMILES string of the molecule is COc1ccc(CNC(=O)[C@H](c2ccc(C)cc2)N(CCc2ccccc2)C(=O)[C@@H]2COc3ccccc3O2)cc1. The van der Waals surface area contributed by atoms with Crippen molar-refractivity contribution in [3.63, 3.8) is 0 Å². The third-order valence-corrected chi connectivity index (χ3v) is 7.13. The van der Waals surface area contributed by atoms with E-state index in [1.54, 1.807) is 18.1 Å². The number of hydrogen-bond donors (Lipinski definition) is 1. The van der Waals surface area contributed by atoms with Gasteiger partial charge in [0.1, 0.15) is 18.4 Å². The number of aryl methyl sites for hydroxylation is 1. The monoisotopic (exact) mass is 550 g/mol. The Morgan fingerprint density at radius 2 is 1.56 bits per heavy atom. The minimum Gasteiger partial charge on any atom is -0.497 e. The zero-order valence-corrected chi connectivity index (χ0v) is 23.3. The minimum atomic E-state index is -0.886. The molecule has 0 saturated carbocycles. The van der Waals surface area contributed by atoms with E-state index in [1.807, 2.05) is 104 Å². The maximum atomic E-state index is 14.2. The molecule has 0 radical (unpaired) electrons. The minimum absolute atomic E-state index is 0.0613. The topological polar surface area (TPSA) is 77.1 Å². The van der Waals surface area contributed by atoms with Crippen LogP contribution >= 0.6 is 0 Å². The number of nitrogens with zero attached hydrogens (tertiary/aromatic N) is 1. The van der Waals surface area contributed by atoms with Crippen LogP contribution in [0.2, 0.25) is 0 Å². The smallest absolute Gasteiger partial charge is 0.268 e. The summed E-state index contributed by atoms with van der Waals surface area (Å²) in [7, 11) is 1.61. The molecule has 7 nitrogen and oxygen atoms in total. The first-order valence-corrected chi connectivity index (χ1v) is 13.7. The highest BCUT2D eigenvalue weighted by atomic mass is 16.6. The molecule has 0 spiro atoms. The van der Waals surface area contributed by atoms with E-state index in [9.17, 15) is 9.59 Å². The van der Waals surface area contributed by atoms with Gasteiger partial charge in [-0.05, 0) is 54.3 Å². The van der Waals surface area contributed by atoms with E-state index >= 15 is 0 Å². The maximum absolute atomic E-state index is 14.2. The number of methoxy groups -OCH3 is 1. The molecule has 0 saturated heterocycles. The van der Waals surface area contributed by atoms with E-state index in [2.05, 4.69) is 5.32 Å². The summed E-state index contributed by atoms with van der Waals surface area (Å²) in [6.07, 6.45) is -0.312. The molecule has 41 heavy (non-hydrogen) atoms. The summed E-state index contributed by atoms with van der Waals surface area (Å²) in [5.74, 6) is 1.27. The first-order chi connectivity index (χ1) is 20.0. The van der Waals surface area contributed by atoms with E-state index in [4.69, 9.17) is 14.2 Å². The third-order valence-electron chi connectivity index (χ3n) is 7.13. The Balaban J connectivity index is 1.44. The largest absolute Gasteiger partial charge is 0.497 e. The van der Waals surface area contributed by atoms with Crippen molar-refractivity contribution in [3.05, 3.63) is 125 Å². The molecule has 2 atom stereocenters. The number of nitrogens with one attached hydrogen (secondary N) is 1. The summed E-state index contributed by atoms with van der Waals surface area (Å²) >= 11 is 0. The molecule has 2 amide bonds. The predicted molar refractivity (Wildman–Crippen MR) is 157 cm³/mol. The van der Waals surface area contributed by atoms with Gasteiger partial charge in [-0.25, -0.2) is 0 Å². The van der Waals surface area contributed by atoms with Crippen LogP contribution in [-0.2, 0) is 22.6 Å². The van der Waals surface area contributed by atoms with E-state index in [0.717, 1.165) is 28.0 Å². The van der Waals surface area contributed by atoms with Crippen molar-refractivity contribution >= 4 is 11.8 Å². The summed E-state index contributed by atoms with van der Waals surface area (Å²) in [6.45, 7) is 2.68.